The molecule has 6 nitrogen and oxygen atoms in total. The number of aliphatic carboxylic acids is 2. The molecule has 0 aromatic rings. The summed E-state index contributed by atoms with van der Waals surface area (Å²) in [6.45, 7) is 6.94. The van der Waals surface area contributed by atoms with Crippen LogP contribution < -0.4 is 10.2 Å². The normalized spacial score (nSPS) is 12.0. The van der Waals surface area contributed by atoms with Crippen molar-refractivity contribution in [2.24, 2.45) is 11.8 Å². The number of unbranched alkanes of at least 4 members (excludes halogenated alkanes) is 10. The van der Waals surface area contributed by atoms with Crippen molar-refractivity contribution in [3.8, 4) is 0 Å². The third-order valence-corrected chi connectivity index (χ3v) is 5.24. The first-order valence-electron chi connectivity index (χ1n) is 11.6. The molecule has 0 N–H and O–H groups in total. The van der Waals surface area contributed by atoms with E-state index < -0.39 is 23.8 Å². The van der Waals surface area contributed by atoms with Gasteiger partial charge in [0.2, 0.25) is 0 Å². The van der Waals surface area contributed by atoms with Crippen molar-refractivity contribution >= 4 is 23.5 Å². The van der Waals surface area contributed by atoms with Crippen LogP contribution in [0.1, 0.15) is 118 Å². The van der Waals surface area contributed by atoms with Crippen LogP contribution >= 0.6 is 0 Å². The van der Waals surface area contributed by atoms with Crippen LogP contribution in [0.15, 0.2) is 0 Å². The Bertz CT molecular complexity index is 420. The molecular formula is C24H42NiO6. The molecule has 0 amide bonds. The summed E-state index contributed by atoms with van der Waals surface area (Å²) in [5, 5.41) is 21.2. The van der Waals surface area contributed by atoms with Crippen LogP contribution in [-0.2, 0) is 35.7 Å². The minimum absolute atomic E-state index is 0. The van der Waals surface area contributed by atoms with Crippen LogP contribution in [0.4, 0.5) is 0 Å². The smallest absolute Gasteiger partial charge is 0.549 e. The van der Waals surface area contributed by atoms with Gasteiger partial charge in [-0.3, -0.25) is 9.59 Å². The van der Waals surface area contributed by atoms with Gasteiger partial charge in [-0.15, -0.1) is 0 Å². The molecule has 7 heteroatoms. The first-order chi connectivity index (χ1) is 14.2. The monoisotopic (exact) mass is 484 g/mol. The number of hydrogen-bond acceptors (Lipinski definition) is 6. The number of rotatable bonds is 18. The van der Waals surface area contributed by atoms with Gasteiger partial charge in [0.15, 0.2) is 0 Å². The van der Waals surface area contributed by atoms with E-state index in [0.29, 0.717) is 12.8 Å². The fraction of sp³-hybridized carbons (Fsp3) is 0.833. The predicted molar refractivity (Wildman–Crippen MR) is 114 cm³/mol. The van der Waals surface area contributed by atoms with Gasteiger partial charge < -0.3 is 19.8 Å². The predicted octanol–water partition coefficient (Wildman–Crippen LogP) is 3.38. The fourth-order valence-corrected chi connectivity index (χ4v) is 3.23. The summed E-state index contributed by atoms with van der Waals surface area (Å²) in [6, 6.07) is 0. The number of ketones is 2. The number of carbonyl (C=O) groups is 4. The molecule has 0 aromatic carbocycles. The maximum atomic E-state index is 10.9. The Balaban J connectivity index is -0.000000490. The van der Waals surface area contributed by atoms with Crippen molar-refractivity contribution in [3.05, 3.63) is 0 Å². The molecule has 0 heterocycles. The van der Waals surface area contributed by atoms with Gasteiger partial charge >= 0.3 is 16.5 Å². The molecule has 0 bridgehead atoms. The van der Waals surface area contributed by atoms with Crippen molar-refractivity contribution in [2.45, 2.75) is 118 Å². The van der Waals surface area contributed by atoms with Crippen molar-refractivity contribution in [1.29, 1.82) is 0 Å². The summed E-state index contributed by atoms with van der Waals surface area (Å²) in [6.07, 6.45) is 14.0. The van der Waals surface area contributed by atoms with Gasteiger partial charge in [0.05, 0.1) is 23.8 Å². The first-order valence-corrected chi connectivity index (χ1v) is 11.6. The molecule has 2 atom stereocenters. The van der Waals surface area contributed by atoms with Crippen molar-refractivity contribution in [2.75, 3.05) is 0 Å². The Morgan fingerprint density at radius 2 is 0.806 bits per heavy atom. The van der Waals surface area contributed by atoms with Gasteiger partial charge in [0.25, 0.3) is 0 Å². The standard InChI is InChI=1S/2C12H22O3.Ni/c2*1-3-4-5-6-7-8-9-11(10(2)13)12(14)15;/h2*11H,3-9H2,1-2H3,(H,14,15);/q;;+2/p-2. The Hall–Kier alpha value is -1.23. The zero-order valence-electron chi connectivity index (χ0n) is 19.8. The van der Waals surface area contributed by atoms with Crippen LogP contribution in [0.25, 0.3) is 0 Å². The molecule has 0 rings (SSSR count). The van der Waals surface area contributed by atoms with Crippen LogP contribution in [0.2, 0.25) is 0 Å². The molecule has 0 aromatic heterocycles. The summed E-state index contributed by atoms with van der Waals surface area (Å²) >= 11 is 0. The SMILES string of the molecule is CCCCCCCCC(C(C)=O)C(=O)[O-].CCCCCCCCC(C(C)=O)C(=O)[O-].[Ni+2]. The molecular weight excluding hydrogens is 443 g/mol. The van der Waals surface area contributed by atoms with Crippen molar-refractivity contribution in [1.82, 2.24) is 0 Å². The van der Waals surface area contributed by atoms with E-state index in [1.807, 2.05) is 0 Å². The van der Waals surface area contributed by atoms with Crippen molar-refractivity contribution < 1.29 is 45.9 Å². The summed E-state index contributed by atoms with van der Waals surface area (Å²) in [5.74, 6) is -4.81. The third kappa shape index (κ3) is 21.8. The van der Waals surface area contributed by atoms with Crippen molar-refractivity contribution in [3.63, 3.8) is 0 Å². The maximum Gasteiger partial charge on any atom is 2.00 e. The van der Waals surface area contributed by atoms with E-state index in [2.05, 4.69) is 13.8 Å². The summed E-state index contributed by atoms with van der Waals surface area (Å²) in [5.41, 5.74) is 0. The number of carboxylic acids is 2. The maximum absolute atomic E-state index is 10.9. The van der Waals surface area contributed by atoms with E-state index in [9.17, 15) is 29.4 Å². The van der Waals surface area contributed by atoms with Gasteiger partial charge in [-0.2, -0.15) is 0 Å². The molecule has 0 aliphatic rings. The van der Waals surface area contributed by atoms with Gasteiger partial charge in [-0.1, -0.05) is 90.9 Å². The quantitative estimate of drug-likeness (QED) is 0.167. The van der Waals surface area contributed by atoms with Gasteiger partial charge in [0.1, 0.15) is 11.6 Å². The zero-order chi connectivity index (χ0) is 23.4. The van der Waals surface area contributed by atoms with E-state index in [1.54, 1.807) is 0 Å². The molecule has 0 aliphatic carbocycles. The average molecular weight is 485 g/mol. The summed E-state index contributed by atoms with van der Waals surface area (Å²) < 4.78 is 0. The minimum atomic E-state index is -1.23. The van der Waals surface area contributed by atoms with Gasteiger partial charge in [0, 0.05) is 0 Å². The summed E-state index contributed by atoms with van der Waals surface area (Å²) in [7, 11) is 0. The number of carboxylic acid groups (broad SMARTS) is 2. The zero-order valence-corrected chi connectivity index (χ0v) is 20.8. The van der Waals surface area contributed by atoms with E-state index in [-0.39, 0.29) is 28.1 Å². The van der Waals surface area contributed by atoms with E-state index in [4.69, 9.17) is 0 Å². The second kappa shape index (κ2) is 23.4. The Kier molecular flexibility index (Phi) is 26.0. The topological polar surface area (TPSA) is 114 Å². The molecule has 0 saturated heterocycles. The molecule has 0 spiro atoms. The van der Waals surface area contributed by atoms with Gasteiger partial charge in [-0.25, -0.2) is 0 Å². The second-order valence-corrected chi connectivity index (χ2v) is 8.08. The third-order valence-electron chi connectivity index (χ3n) is 5.24. The van der Waals surface area contributed by atoms with Gasteiger partial charge in [-0.05, 0) is 26.7 Å². The average Bonchev–Trinajstić information content (AvgIpc) is 2.66. The first kappa shape index (κ1) is 34.4. The number of Topliss-reactive ketones (excluding diaryl/α,β-unsaturated/α-hetero) is 2. The fourth-order valence-electron chi connectivity index (χ4n) is 3.23. The second-order valence-electron chi connectivity index (χ2n) is 8.08. The molecule has 0 saturated carbocycles. The van der Waals surface area contributed by atoms with Crippen LogP contribution in [0, 0.1) is 11.8 Å². The number of carbonyl (C=O) groups excluding carboxylic acids is 4. The van der Waals surface area contributed by atoms with E-state index in [0.717, 1.165) is 38.5 Å². The van der Waals surface area contributed by atoms with Crippen LogP contribution in [-0.4, -0.2) is 23.5 Å². The molecule has 0 fully saturated rings. The summed E-state index contributed by atoms with van der Waals surface area (Å²) in [4.78, 5) is 43.0. The Labute approximate surface area is 198 Å². The molecule has 0 radical (unpaired) electrons. The van der Waals surface area contributed by atoms with E-state index >= 15 is 0 Å². The van der Waals surface area contributed by atoms with Crippen LogP contribution in [0.3, 0.4) is 0 Å². The minimum Gasteiger partial charge on any atom is -0.549 e. The molecule has 184 valence electrons. The Morgan fingerprint density at radius 3 is 1.03 bits per heavy atom. The molecule has 31 heavy (non-hydrogen) atoms. The number of hydrogen-bond donors (Lipinski definition) is 0. The molecule has 0 aliphatic heterocycles. The molecule has 2 unspecified atom stereocenters. The van der Waals surface area contributed by atoms with Crippen LogP contribution in [0.5, 0.6) is 0 Å². The Morgan fingerprint density at radius 1 is 0.548 bits per heavy atom. The largest absolute Gasteiger partial charge is 2.00 e. The van der Waals surface area contributed by atoms with E-state index in [1.165, 1.54) is 52.4 Å².